The predicted molar refractivity (Wildman–Crippen MR) is 60.1 cm³/mol. The van der Waals surface area contributed by atoms with Gasteiger partial charge in [-0.25, -0.2) is 0 Å². The summed E-state index contributed by atoms with van der Waals surface area (Å²) in [6.07, 6.45) is 7.11. The lowest BCUT2D eigenvalue weighted by Gasteiger charge is -2.06. The molecule has 0 aromatic heterocycles. The highest BCUT2D eigenvalue weighted by atomic mass is 32.2. The largest absolute Gasteiger partial charge is 0.150 e. The van der Waals surface area contributed by atoms with Gasteiger partial charge < -0.3 is 0 Å². The molecule has 1 aromatic rings. The number of hydrogen-bond donors (Lipinski definition) is 0. The van der Waals surface area contributed by atoms with Crippen LogP contribution in [0, 0.1) is 0 Å². The van der Waals surface area contributed by atoms with E-state index in [9.17, 15) is 0 Å². The molecule has 68 valence electrons. The number of benzene rings is 1. The van der Waals surface area contributed by atoms with Gasteiger partial charge in [-0.05, 0) is 18.4 Å². The summed E-state index contributed by atoms with van der Waals surface area (Å²) in [7, 11) is 0. The Kier molecular flexibility index (Phi) is 3.09. The highest BCUT2D eigenvalue weighted by Crippen LogP contribution is 2.23. The molecule has 1 atom stereocenters. The van der Waals surface area contributed by atoms with Crippen molar-refractivity contribution in [3.63, 3.8) is 0 Å². The van der Waals surface area contributed by atoms with Crippen molar-refractivity contribution < 1.29 is 0 Å². The molecule has 0 bridgehead atoms. The first-order chi connectivity index (χ1) is 6.45. The second-order valence-electron chi connectivity index (χ2n) is 3.32. The third-order valence-corrected chi connectivity index (χ3v) is 3.52. The number of hydrogen-bond acceptors (Lipinski definition) is 1. The van der Waals surface area contributed by atoms with Crippen LogP contribution in [0.5, 0.6) is 0 Å². The van der Waals surface area contributed by atoms with Gasteiger partial charge in [-0.15, -0.1) is 0 Å². The van der Waals surface area contributed by atoms with Crippen LogP contribution in [0.4, 0.5) is 0 Å². The first-order valence-corrected chi connectivity index (χ1v) is 5.82. The van der Waals surface area contributed by atoms with Gasteiger partial charge in [0.15, 0.2) is 0 Å². The molecule has 0 saturated heterocycles. The van der Waals surface area contributed by atoms with Gasteiger partial charge in [0.1, 0.15) is 0 Å². The van der Waals surface area contributed by atoms with Crippen LogP contribution in [0.1, 0.15) is 12.0 Å². The molecule has 0 radical (unpaired) electrons. The summed E-state index contributed by atoms with van der Waals surface area (Å²) in [5.74, 6) is 1.21. The Labute approximate surface area is 84.0 Å². The molecule has 0 spiro atoms. The molecule has 1 aromatic carbocycles. The van der Waals surface area contributed by atoms with Gasteiger partial charge >= 0.3 is 0 Å². The van der Waals surface area contributed by atoms with Crippen molar-refractivity contribution in [2.45, 2.75) is 18.1 Å². The lowest BCUT2D eigenvalue weighted by Crippen LogP contribution is -1.97. The first kappa shape index (κ1) is 8.89. The van der Waals surface area contributed by atoms with Gasteiger partial charge in [-0.2, -0.15) is 11.8 Å². The Morgan fingerprint density at radius 2 is 2.08 bits per heavy atom. The normalized spacial score (nSPS) is 20.8. The highest BCUT2D eigenvalue weighted by molar-refractivity contribution is 8.00. The zero-order valence-corrected chi connectivity index (χ0v) is 8.46. The van der Waals surface area contributed by atoms with E-state index >= 15 is 0 Å². The van der Waals surface area contributed by atoms with Crippen molar-refractivity contribution in [1.82, 2.24) is 0 Å². The maximum absolute atomic E-state index is 2.34. The third-order valence-electron chi connectivity index (χ3n) is 2.32. The van der Waals surface area contributed by atoms with E-state index in [1.165, 1.54) is 24.2 Å². The summed E-state index contributed by atoms with van der Waals surface area (Å²) in [4.78, 5) is 0. The predicted octanol–water partition coefficient (Wildman–Crippen LogP) is 3.29. The van der Waals surface area contributed by atoms with Crippen molar-refractivity contribution >= 4 is 11.8 Å². The Balaban J connectivity index is 1.82. The van der Waals surface area contributed by atoms with E-state index in [2.05, 4.69) is 54.2 Å². The van der Waals surface area contributed by atoms with Crippen LogP contribution >= 0.6 is 11.8 Å². The number of rotatable bonds is 3. The average molecular weight is 190 g/mol. The van der Waals surface area contributed by atoms with Gasteiger partial charge in [0.2, 0.25) is 0 Å². The molecule has 13 heavy (non-hydrogen) atoms. The van der Waals surface area contributed by atoms with Crippen LogP contribution in [-0.4, -0.2) is 11.0 Å². The molecule has 0 fully saturated rings. The van der Waals surface area contributed by atoms with Crippen molar-refractivity contribution in [3.05, 3.63) is 48.0 Å². The molecule has 2 rings (SSSR count). The van der Waals surface area contributed by atoms with E-state index in [0.717, 1.165) is 5.25 Å². The van der Waals surface area contributed by atoms with Gasteiger partial charge in [-0.1, -0.05) is 42.5 Å². The maximum Gasteiger partial charge on any atom is 0.0233 e. The molecule has 1 unspecified atom stereocenters. The SMILES string of the molecule is C1=CC(CCc2ccccc2)SC1. The molecule has 0 saturated carbocycles. The maximum atomic E-state index is 2.34. The summed E-state index contributed by atoms with van der Waals surface area (Å²) >= 11 is 2.05. The lowest BCUT2D eigenvalue weighted by molar-refractivity contribution is 0.862. The molecule has 1 heterocycles. The fourth-order valence-corrected chi connectivity index (χ4v) is 2.55. The zero-order chi connectivity index (χ0) is 8.93. The minimum absolute atomic E-state index is 0.764. The van der Waals surface area contributed by atoms with Crippen molar-refractivity contribution in [2.24, 2.45) is 0 Å². The lowest BCUT2D eigenvalue weighted by atomic mass is 10.1. The van der Waals surface area contributed by atoms with Gasteiger partial charge in [0.05, 0.1) is 0 Å². The molecule has 1 aliphatic heterocycles. The average Bonchev–Trinajstić information content (AvgIpc) is 2.69. The highest BCUT2D eigenvalue weighted by Gasteiger charge is 2.08. The number of aryl methyl sites for hydroxylation is 1. The monoisotopic (exact) mass is 190 g/mol. The van der Waals surface area contributed by atoms with Crippen LogP contribution in [0.2, 0.25) is 0 Å². The topological polar surface area (TPSA) is 0 Å². The first-order valence-electron chi connectivity index (χ1n) is 4.77. The molecule has 0 aliphatic carbocycles. The Morgan fingerprint density at radius 1 is 1.23 bits per heavy atom. The summed E-state index contributed by atoms with van der Waals surface area (Å²) in [5, 5.41) is 0.764. The van der Waals surface area contributed by atoms with Crippen molar-refractivity contribution in [1.29, 1.82) is 0 Å². The molecular weight excluding hydrogens is 176 g/mol. The second kappa shape index (κ2) is 4.52. The minimum atomic E-state index is 0.764. The standard InChI is InChI=1S/C12H14S/c1-2-5-11(6-3-1)8-9-12-7-4-10-13-12/h1-7,12H,8-10H2. The summed E-state index contributed by atoms with van der Waals surface area (Å²) < 4.78 is 0. The quantitative estimate of drug-likeness (QED) is 0.659. The smallest absolute Gasteiger partial charge is 0.0233 e. The van der Waals surface area contributed by atoms with Crippen molar-refractivity contribution in [2.75, 3.05) is 5.75 Å². The molecular formula is C12H14S. The summed E-state index contributed by atoms with van der Waals surface area (Å²) in [6, 6.07) is 10.7. The molecule has 0 N–H and O–H groups in total. The molecule has 1 heteroatoms. The minimum Gasteiger partial charge on any atom is -0.150 e. The van der Waals surface area contributed by atoms with Crippen molar-refractivity contribution in [3.8, 4) is 0 Å². The second-order valence-corrected chi connectivity index (χ2v) is 4.60. The van der Waals surface area contributed by atoms with E-state index in [1.54, 1.807) is 0 Å². The summed E-state index contributed by atoms with van der Waals surface area (Å²) in [6.45, 7) is 0. The number of thioether (sulfide) groups is 1. The fourth-order valence-electron chi connectivity index (χ4n) is 1.58. The summed E-state index contributed by atoms with van der Waals surface area (Å²) in [5.41, 5.74) is 1.46. The van der Waals surface area contributed by atoms with Crippen LogP contribution in [-0.2, 0) is 6.42 Å². The van der Waals surface area contributed by atoms with Crippen LogP contribution in [0.15, 0.2) is 42.5 Å². The van der Waals surface area contributed by atoms with E-state index in [-0.39, 0.29) is 0 Å². The van der Waals surface area contributed by atoms with Crippen LogP contribution in [0.3, 0.4) is 0 Å². The van der Waals surface area contributed by atoms with Gasteiger partial charge in [-0.3, -0.25) is 0 Å². The third kappa shape index (κ3) is 2.63. The molecule has 1 aliphatic rings. The molecule has 0 nitrogen and oxygen atoms in total. The zero-order valence-electron chi connectivity index (χ0n) is 7.65. The Bertz CT molecular complexity index is 276. The van der Waals surface area contributed by atoms with Gasteiger partial charge in [0, 0.05) is 11.0 Å². The van der Waals surface area contributed by atoms with Crippen LogP contribution < -0.4 is 0 Å². The van der Waals surface area contributed by atoms with E-state index in [1.807, 2.05) is 0 Å². The Hall–Kier alpha value is -0.690. The van der Waals surface area contributed by atoms with Gasteiger partial charge in [0.25, 0.3) is 0 Å². The molecule has 0 amide bonds. The Morgan fingerprint density at radius 3 is 2.77 bits per heavy atom. The van der Waals surface area contributed by atoms with Crippen LogP contribution in [0.25, 0.3) is 0 Å². The van der Waals surface area contributed by atoms with E-state index < -0.39 is 0 Å². The van der Waals surface area contributed by atoms with E-state index in [0.29, 0.717) is 0 Å². The van der Waals surface area contributed by atoms with E-state index in [4.69, 9.17) is 0 Å². The fraction of sp³-hybridized carbons (Fsp3) is 0.333.